The van der Waals surface area contributed by atoms with Crippen molar-refractivity contribution in [3.63, 3.8) is 0 Å². The monoisotopic (exact) mass is 228 g/mol. The van der Waals surface area contributed by atoms with E-state index in [1.807, 2.05) is 0 Å². The van der Waals surface area contributed by atoms with Crippen molar-refractivity contribution in [3.05, 3.63) is 0 Å². The Balaban J connectivity index is 4.11. The summed E-state index contributed by atoms with van der Waals surface area (Å²) >= 11 is 0. The second-order valence-corrected chi connectivity index (χ2v) is 2.65. The van der Waals surface area contributed by atoms with Gasteiger partial charge in [-0.3, -0.25) is 9.69 Å². The molecule has 0 aliphatic heterocycles. The van der Waals surface area contributed by atoms with Gasteiger partial charge in [0.2, 0.25) is 5.91 Å². The Morgan fingerprint density at radius 2 is 1.93 bits per heavy atom. The molecule has 0 unspecified atom stereocenters. The topological polar surface area (TPSA) is 72.6 Å². The normalized spacial score (nSPS) is 10.9. The van der Waals surface area contributed by atoms with Crippen LogP contribution >= 0.6 is 0 Å². The van der Waals surface area contributed by atoms with Gasteiger partial charge in [-0.15, -0.1) is 0 Å². The summed E-state index contributed by atoms with van der Waals surface area (Å²) in [5.74, 6) is -0.819. The molecule has 0 saturated carbocycles. The van der Waals surface area contributed by atoms with Crippen LogP contribution in [0.2, 0.25) is 0 Å². The zero-order valence-corrected chi connectivity index (χ0v) is 8.00. The average Bonchev–Trinajstić information content (AvgIpc) is 2.08. The van der Waals surface area contributed by atoms with Crippen LogP contribution in [-0.2, 0) is 9.53 Å². The van der Waals surface area contributed by atoms with E-state index in [0.717, 1.165) is 4.90 Å². The third-order valence-corrected chi connectivity index (χ3v) is 1.35. The molecule has 0 heterocycles. The average molecular weight is 228 g/mol. The minimum Gasteiger partial charge on any atom is -0.440 e. The lowest BCUT2D eigenvalue weighted by Crippen LogP contribution is -2.39. The maximum Gasteiger partial charge on any atom is 0.422 e. The number of hydrogen-bond donors (Lipinski definition) is 1. The van der Waals surface area contributed by atoms with Gasteiger partial charge in [0.25, 0.3) is 0 Å². The van der Waals surface area contributed by atoms with Crippen LogP contribution in [0.5, 0.6) is 0 Å². The van der Waals surface area contributed by atoms with Crippen molar-refractivity contribution in [2.75, 3.05) is 19.7 Å². The first-order chi connectivity index (χ1) is 6.76. The van der Waals surface area contributed by atoms with Crippen molar-refractivity contribution in [2.45, 2.75) is 13.1 Å². The summed E-state index contributed by atoms with van der Waals surface area (Å²) in [7, 11) is 0. The molecule has 0 spiro atoms. The van der Waals surface area contributed by atoms with Crippen LogP contribution in [0.15, 0.2) is 0 Å². The number of halogens is 3. The zero-order chi connectivity index (χ0) is 12.1. The van der Waals surface area contributed by atoms with Crippen LogP contribution in [0.4, 0.5) is 18.0 Å². The number of primary amides is 1. The molecule has 2 N–H and O–H groups in total. The Bertz CT molecular complexity index is 242. The van der Waals surface area contributed by atoms with Gasteiger partial charge in [-0.25, -0.2) is 4.79 Å². The molecule has 0 saturated heterocycles. The van der Waals surface area contributed by atoms with E-state index in [0.29, 0.717) is 0 Å². The summed E-state index contributed by atoms with van der Waals surface area (Å²) < 4.78 is 38.9. The van der Waals surface area contributed by atoms with Gasteiger partial charge in [-0.05, 0) is 6.92 Å². The van der Waals surface area contributed by atoms with Gasteiger partial charge in [0.05, 0.1) is 0 Å². The summed E-state index contributed by atoms with van der Waals surface area (Å²) in [6, 6.07) is 0. The predicted octanol–water partition coefficient (Wildman–Crippen LogP) is 0.493. The number of carbonyl (C=O) groups is 2. The number of carbonyl (C=O) groups excluding carboxylic acids is 2. The van der Waals surface area contributed by atoms with Crippen LogP contribution in [0, 0.1) is 0 Å². The predicted molar refractivity (Wildman–Crippen MR) is 43.8 cm³/mol. The molecule has 0 aromatic rings. The van der Waals surface area contributed by atoms with Crippen molar-refractivity contribution < 1.29 is 27.5 Å². The minimum atomic E-state index is -4.58. The Hall–Kier alpha value is -1.47. The molecule has 15 heavy (non-hydrogen) atoms. The number of amides is 2. The number of hydrogen-bond acceptors (Lipinski definition) is 3. The van der Waals surface area contributed by atoms with Crippen LogP contribution in [0.1, 0.15) is 6.92 Å². The molecule has 2 amide bonds. The number of nitrogens with two attached hydrogens (primary N) is 1. The maximum absolute atomic E-state index is 11.7. The number of alkyl halides is 3. The molecule has 5 nitrogen and oxygen atoms in total. The zero-order valence-electron chi connectivity index (χ0n) is 8.00. The number of likely N-dealkylation sites (N-methyl/N-ethyl adjacent to an activating group) is 1. The Morgan fingerprint density at radius 1 is 1.40 bits per heavy atom. The largest absolute Gasteiger partial charge is 0.440 e. The summed E-state index contributed by atoms with van der Waals surface area (Å²) in [4.78, 5) is 22.1. The lowest BCUT2D eigenvalue weighted by Gasteiger charge is -2.18. The maximum atomic E-state index is 11.7. The Morgan fingerprint density at radius 3 is 2.27 bits per heavy atom. The van der Waals surface area contributed by atoms with E-state index in [2.05, 4.69) is 4.74 Å². The van der Waals surface area contributed by atoms with Crippen molar-refractivity contribution in [1.82, 2.24) is 4.90 Å². The van der Waals surface area contributed by atoms with Crippen LogP contribution in [0.3, 0.4) is 0 Å². The molecule has 0 aliphatic carbocycles. The highest BCUT2D eigenvalue weighted by Gasteiger charge is 2.30. The van der Waals surface area contributed by atoms with Crippen molar-refractivity contribution in [3.8, 4) is 0 Å². The highest BCUT2D eigenvalue weighted by molar-refractivity contribution is 5.80. The molecule has 0 radical (unpaired) electrons. The van der Waals surface area contributed by atoms with E-state index in [4.69, 9.17) is 5.73 Å². The number of ether oxygens (including phenoxy) is 1. The van der Waals surface area contributed by atoms with Gasteiger partial charge < -0.3 is 10.5 Å². The molecule has 0 bridgehead atoms. The first-order valence-electron chi connectivity index (χ1n) is 4.03. The molecule has 0 aromatic carbocycles. The summed E-state index contributed by atoms with van der Waals surface area (Å²) in [6.07, 6.45) is -5.80. The smallest absolute Gasteiger partial charge is 0.422 e. The molecule has 0 fully saturated rings. The van der Waals surface area contributed by atoms with Gasteiger partial charge >= 0.3 is 12.3 Å². The van der Waals surface area contributed by atoms with Gasteiger partial charge in [0.1, 0.15) is 6.54 Å². The number of nitrogens with zero attached hydrogens (tertiary/aromatic N) is 1. The molecule has 0 rings (SSSR count). The standard InChI is InChI=1S/C7H11F3N2O3/c1-2-12(3-5(11)13)6(14)15-4-7(8,9)10/h2-4H2,1H3,(H2,11,13). The molecular weight excluding hydrogens is 217 g/mol. The fraction of sp³-hybridized carbons (Fsp3) is 0.714. The molecule has 0 aliphatic rings. The van der Waals surface area contributed by atoms with Gasteiger partial charge in [-0.1, -0.05) is 0 Å². The summed E-state index contributed by atoms with van der Waals surface area (Å²) in [6.45, 7) is -0.619. The molecule has 88 valence electrons. The SMILES string of the molecule is CCN(CC(N)=O)C(=O)OCC(F)(F)F. The van der Waals surface area contributed by atoms with E-state index in [9.17, 15) is 22.8 Å². The van der Waals surface area contributed by atoms with Gasteiger partial charge in [-0.2, -0.15) is 13.2 Å². The van der Waals surface area contributed by atoms with Crippen LogP contribution < -0.4 is 5.73 Å². The van der Waals surface area contributed by atoms with E-state index in [1.165, 1.54) is 6.92 Å². The Kier molecular flexibility index (Phi) is 4.89. The third-order valence-electron chi connectivity index (χ3n) is 1.35. The van der Waals surface area contributed by atoms with E-state index in [-0.39, 0.29) is 6.54 Å². The quantitative estimate of drug-likeness (QED) is 0.761. The molecule has 8 heteroatoms. The summed E-state index contributed by atoms with van der Waals surface area (Å²) in [5, 5.41) is 0. The van der Waals surface area contributed by atoms with E-state index < -0.39 is 31.3 Å². The first kappa shape index (κ1) is 13.5. The lowest BCUT2D eigenvalue weighted by molar-refractivity contribution is -0.162. The van der Waals surface area contributed by atoms with Crippen molar-refractivity contribution in [1.29, 1.82) is 0 Å². The number of rotatable bonds is 4. The molecule has 0 aromatic heterocycles. The second-order valence-electron chi connectivity index (χ2n) is 2.65. The minimum absolute atomic E-state index is 0.0413. The van der Waals surface area contributed by atoms with Crippen LogP contribution in [0.25, 0.3) is 0 Å². The third kappa shape index (κ3) is 6.58. The summed E-state index contributed by atoms with van der Waals surface area (Å²) in [5.41, 5.74) is 4.78. The fourth-order valence-corrected chi connectivity index (χ4v) is 0.728. The first-order valence-corrected chi connectivity index (χ1v) is 4.03. The molecule has 0 atom stereocenters. The lowest BCUT2D eigenvalue weighted by atomic mass is 10.5. The van der Waals surface area contributed by atoms with E-state index in [1.54, 1.807) is 0 Å². The molecular formula is C7H11F3N2O3. The van der Waals surface area contributed by atoms with Gasteiger partial charge in [0, 0.05) is 6.54 Å². The second kappa shape index (κ2) is 5.42. The van der Waals surface area contributed by atoms with Crippen molar-refractivity contribution in [2.24, 2.45) is 5.73 Å². The Labute approximate surface area is 84.0 Å². The van der Waals surface area contributed by atoms with Crippen molar-refractivity contribution >= 4 is 12.0 Å². The highest BCUT2D eigenvalue weighted by Crippen LogP contribution is 2.14. The van der Waals surface area contributed by atoms with E-state index >= 15 is 0 Å². The fourth-order valence-electron chi connectivity index (χ4n) is 0.728. The van der Waals surface area contributed by atoms with Crippen LogP contribution in [-0.4, -0.2) is 42.8 Å². The highest BCUT2D eigenvalue weighted by atomic mass is 19.4. The van der Waals surface area contributed by atoms with Gasteiger partial charge in [0.15, 0.2) is 6.61 Å².